The van der Waals surface area contributed by atoms with Gasteiger partial charge in [0.25, 0.3) is 0 Å². The minimum absolute atomic E-state index is 0.0174. The zero-order chi connectivity index (χ0) is 25.9. The summed E-state index contributed by atoms with van der Waals surface area (Å²) in [7, 11) is 3.74. The summed E-state index contributed by atoms with van der Waals surface area (Å²) in [5, 5.41) is 18.4. The van der Waals surface area contributed by atoms with Crippen molar-refractivity contribution in [2.45, 2.75) is 6.18 Å². The van der Waals surface area contributed by atoms with Gasteiger partial charge in [0.05, 0.1) is 41.2 Å². The third kappa shape index (κ3) is 5.42. The lowest BCUT2D eigenvalue weighted by atomic mass is 10.0. The number of alkyl halides is 3. The van der Waals surface area contributed by atoms with Gasteiger partial charge in [-0.1, -0.05) is 24.3 Å². The molecule has 0 bridgehead atoms. The molecule has 1 aromatic heterocycles. The van der Waals surface area contributed by atoms with Crippen LogP contribution in [0, 0.1) is 0 Å². The van der Waals surface area contributed by atoms with Crippen LogP contribution in [0.2, 0.25) is 0 Å². The Morgan fingerprint density at radius 3 is 1.53 bits per heavy atom. The number of likely N-dealkylation sites (N-methyl/N-ethyl adjacent to an activating group) is 2. The van der Waals surface area contributed by atoms with Crippen molar-refractivity contribution in [3.63, 3.8) is 0 Å². The Labute approximate surface area is 207 Å². The average molecular weight is 497 g/mol. The fourth-order valence-corrected chi connectivity index (χ4v) is 3.94. The summed E-state index contributed by atoms with van der Waals surface area (Å²) in [6.07, 6.45) is -4.48. The molecule has 36 heavy (non-hydrogen) atoms. The van der Waals surface area contributed by atoms with Gasteiger partial charge in [-0.05, 0) is 42.5 Å². The highest BCUT2D eigenvalue weighted by atomic mass is 19.4. The molecule has 0 saturated carbocycles. The largest absolute Gasteiger partial charge is 0.416 e. The number of aromatic nitrogens is 2. The van der Waals surface area contributed by atoms with Crippen molar-refractivity contribution >= 4 is 22.4 Å². The van der Waals surface area contributed by atoms with Crippen molar-refractivity contribution in [3.05, 3.63) is 72.3 Å². The van der Waals surface area contributed by atoms with Crippen LogP contribution in [-0.4, -0.2) is 60.6 Å². The summed E-state index contributed by atoms with van der Waals surface area (Å²) < 4.78 is 40.0. The van der Waals surface area contributed by atoms with E-state index in [1.54, 1.807) is 0 Å². The molecule has 9 heteroatoms. The first kappa shape index (κ1) is 25.4. The van der Waals surface area contributed by atoms with E-state index in [1.807, 2.05) is 72.4 Å². The lowest BCUT2D eigenvalue weighted by molar-refractivity contribution is -0.137. The number of rotatable bonds is 8. The summed E-state index contributed by atoms with van der Waals surface area (Å²) in [4.78, 5) is 13.2. The first-order valence-electron chi connectivity index (χ1n) is 11.4. The molecule has 0 amide bonds. The van der Waals surface area contributed by atoms with E-state index in [4.69, 9.17) is 4.98 Å². The number of benzene rings is 3. The van der Waals surface area contributed by atoms with Gasteiger partial charge in [-0.3, -0.25) is 0 Å². The number of hydrogen-bond acceptors (Lipinski definition) is 6. The van der Waals surface area contributed by atoms with Gasteiger partial charge in [-0.15, -0.1) is 0 Å². The van der Waals surface area contributed by atoms with E-state index in [1.165, 1.54) is 6.07 Å². The molecule has 0 atom stereocenters. The van der Waals surface area contributed by atoms with Crippen LogP contribution >= 0.6 is 0 Å². The van der Waals surface area contributed by atoms with Crippen molar-refractivity contribution in [2.24, 2.45) is 0 Å². The van der Waals surface area contributed by atoms with Crippen LogP contribution in [-0.2, 0) is 6.18 Å². The van der Waals surface area contributed by atoms with Gasteiger partial charge in [0.2, 0.25) is 0 Å². The second-order valence-corrected chi connectivity index (χ2v) is 8.51. The minimum atomic E-state index is -4.48. The lowest BCUT2D eigenvalue weighted by Crippen LogP contribution is -2.20. The molecule has 3 aromatic carbocycles. The average Bonchev–Trinajstić information content (AvgIpc) is 2.87. The van der Waals surface area contributed by atoms with Crippen molar-refractivity contribution in [3.8, 4) is 22.5 Å². The molecule has 0 fully saturated rings. The third-order valence-electron chi connectivity index (χ3n) is 6.03. The molecule has 0 radical (unpaired) electrons. The highest BCUT2D eigenvalue weighted by molar-refractivity contribution is 5.87. The third-order valence-corrected chi connectivity index (χ3v) is 6.03. The van der Waals surface area contributed by atoms with Crippen LogP contribution in [0.4, 0.5) is 24.5 Å². The van der Waals surface area contributed by atoms with E-state index >= 15 is 0 Å². The molecule has 0 aliphatic heterocycles. The monoisotopic (exact) mass is 496 g/mol. The molecule has 4 rings (SSSR count). The molecule has 188 valence electrons. The van der Waals surface area contributed by atoms with Gasteiger partial charge in [0.1, 0.15) is 0 Å². The Morgan fingerprint density at radius 2 is 1.11 bits per heavy atom. The van der Waals surface area contributed by atoms with Gasteiger partial charge >= 0.3 is 6.18 Å². The minimum Gasteiger partial charge on any atom is -0.395 e. The lowest BCUT2D eigenvalue weighted by Gasteiger charge is -2.19. The normalized spacial score (nSPS) is 11.6. The Kier molecular flexibility index (Phi) is 7.42. The number of aliphatic hydroxyl groups is 2. The molecular formula is C27H27F3N4O2. The number of hydrogen-bond donors (Lipinski definition) is 2. The van der Waals surface area contributed by atoms with Gasteiger partial charge in [-0.25, -0.2) is 9.97 Å². The topological polar surface area (TPSA) is 72.7 Å². The fraction of sp³-hybridized carbons (Fsp3) is 0.259. The number of nitrogens with zero attached hydrogens (tertiary/aromatic N) is 4. The molecule has 4 aromatic rings. The maximum Gasteiger partial charge on any atom is 0.416 e. The van der Waals surface area contributed by atoms with Crippen LogP contribution in [0.15, 0.2) is 66.7 Å². The Morgan fingerprint density at radius 1 is 0.667 bits per heavy atom. The number of halogens is 3. The second-order valence-electron chi connectivity index (χ2n) is 8.51. The summed E-state index contributed by atoms with van der Waals surface area (Å²) in [5.41, 5.74) is 4.03. The van der Waals surface area contributed by atoms with E-state index in [9.17, 15) is 23.4 Å². The van der Waals surface area contributed by atoms with Crippen molar-refractivity contribution in [1.82, 2.24) is 9.97 Å². The zero-order valence-electron chi connectivity index (χ0n) is 20.0. The van der Waals surface area contributed by atoms with Crippen LogP contribution in [0.1, 0.15) is 5.56 Å². The zero-order valence-corrected chi connectivity index (χ0v) is 20.0. The Hall–Kier alpha value is -3.69. The van der Waals surface area contributed by atoms with E-state index in [0.29, 0.717) is 35.6 Å². The van der Waals surface area contributed by atoms with Crippen molar-refractivity contribution in [2.75, 3.05) is 50.2 Å². The second kappa shape index (κ2) is 10.5. The number of aliphatic hydroxyl groups excluding tert-OH is 2. The standard InChI is InChI=1S/C27H27F3N4O2/c1-33(13-15-35)21-8-3-18(4-9-21)25-26(19-5-10-22(11-6-19)34(2)14-16-36)32-24-17-20(27(28,29)30)7-12-23(24)31-25/h3-12,17,35-36H,13-16H2,1-2H3. The van der Waals surface area contributed by atoms with Crippen LogP contribution in [0.3, 0.4) is 0 Å². The molecular weight excluding hydrogens is 469 g/mol. The maximum atomic E-state index is 13.3. The van der Waals surface area contributed by atoms with Gasteiger partial charge in [-0.2, -0.15) is 13.2 Å². The van der Waals surface area contributed by atoms with E-state index in [-0.39, 0.29) is 18.7 Å². The van der Waals surface area contributed by atoms with Gasteiger partial charge in [0, 0.05) is 49.7 Å². The first-order chi connectivity index (χ1) is 17.2. The molecule has 0 unspecified atom stereocenters. The van der Waals surface area contributed by atoms with Crippen molar-refractivity contribution in [1.29, 1.82) is 0 Å². The first-order valence-corrected chi connectivity index (χ1v) is 11.4. The molecule has 0 saturated heterocycles. The summed E-state index contributed by atoms with van der Waals surface area (Å²) in [5.74, 6) is 0. The summed E-state index contributed by atoms with van der Waals surface area (Å²) in [6, 6.07) is 18.4. The molecule has 0 aliphatic carbocycles. The number of anilines is 2. The van der Waals surface area contributed by atoms with Gasteiger partial charge in [0.15, 0.2) is 0 Å². The highest BCUT2D eigenvalue weighted by Crippen LogP contribution is 2.35. The van der Waals surface area contributed by atoms with E-state index in [0.717, 1.165) is 29.1 Å². The molecule has 2 N–H and O–H groups in total. The van der Waals surface area contributed by atoms with Crippen LogP contribution in [0.25, 0.3) is 33.5 Å². The predicted octanol–water partition coefficient (Wildman–Crippen LogP) is 4.84. The van der Waals surface area contributed by atoms with Crippen LogP contribution < -0.4 is 9.80 Å². The van der Waals surface area contributed by atoms with Crippen LogP contribution in [0.5, 0.6) is 0 Å². The van der Waals surface area contributed by atoms with E-state index < -0.39 is 11.7 Å². The van der Waals surface area contributed by atoms with Gasteiger partial charge < -0.3 is 20.0 Å². The van der Waals surface area contributed by atoms with Crippen molar-refractivity contribution < 1.29 is 23.4 Å². The smallest absolute Gasteiger partial charge is 0.395 e. The molecule has 0 aliphatic rings. The molecule has 1 heterocycles. The summed E-state index contributed by atoms with van der Waals surface area (Å²) >= 11 is 0. The maximum absolute atomic E-state index is 13.3. The predicted molar refractivity (Wildman–Crippen MR) is 136 cm³/mol. The molecule has 0 spiro atoms. The highest BCUT2D eigenvalue weighted by Gasteiger charge is 2.31. The Balaban J connectivity index is 1.84. The SMILES string of the molecule is CN(CCO)c1ccc(-c2nc3ccc(C(F)(F)F)cc3nc2-c2ccc(N(C)CCO)cc2)cc1. The van der Waals surface area contributed by atoms with E-state index in [2.05, 4.69) is 4.98 Å². The summed E-state index contributed by atoms with van der Waals surface area (Å²) in [6.45, 7) is 1.00. The Bertz CT molecular complexity index is 1330. The quantitative estimate of drug-likeness (QED) is 0.364. The fourth-order valence-electron chi connectivity index (χ4n) is 3.94. The number of fused-ring (bicyclic) bond motifs is 1. The molecule has 6 nitrogen and oxygen atoms in total.